The molecule has 1 rings (SSSR count). The van der Waals surface area contributed by atoms with Crippen molar-refractivity contribution >= 4 is 28.0 Å². The van der Waals surface area contributed by atoms with Crippen LogP contribution in [0.4, 0.5) is 0 Å². The van der Waals surface area contributed by atoms with Gasteiger partial charge in [0.2, 0.25) is 5.91 Å². The average Bonchev–Trinajstić information content (AvgIpc) is 2.70. The summed E-state index contributed by atoms with van der Waals surface area (Å²) in [6.07, 6.45) is 1.73. The van der Waals surface area contributed by atoms with Crippen LogP contribution in [0, 0.1) is 12.8 Å². The molecule has 102 valence electrons. The van der Waals surface area contributed by atoms with Gasteiger partial charge in [-0.3, -0.25) is 9.00 Å². The molecule has 0 saturated carbocycles. The summed E-state index contributed by atoms with van der Waals surface area (Å²) < 4.78 is 12.0. The van der Waals surface area contributed by atoms with Crippen molar-refractivity contribution in [3.63, 3.8) is 0 Å². The molecule has 1 aromatic rings. The van der Waals surface area contributed by atoms with Crippen molar-refractivity contribution in [3.05, 3.63) is 16.1 Å². The number of rotatable bonds is 6. The number of carbonyl (C=O) groups excluding carboxylic acids is 1. The van der Waals surface area contributed by atoms with Crippen LogP contribution in [0.5, 0.6) is 0 Å². The minimum atomic E-state index is -1.19. The maximum absolute atomic E-state index is 12.0. The van der Waals surface area contributed by atoms with Gasteiger partial charge in [-0.2, -0.15) is 0 Å². The van der Waals surface area contributed by atoms with Gasteiger partial charge >= 0.3 is 0 Å². The van der Waals surface area contributed by atoms with E-state index in [1.807, 2.05) is 20.8 Å². The Balaban J connectivity index is 2.48. The van der Waals surface area contributed by atoms with Crippen molar-refractivity contribution in [1.29, 1.82) is 0 Å². The van der Waals surface area contributed by atoms with Crippen LogP contribution in [0.1, 0.15) is 30.7 Å². The Morgan fingerprint density at radius 3 is 2.67 bits per heavy atom. The zero-order valence-corrected chi connectivity index (χ0v) is 12.9. The Morgan fingerprint density at radius 2 is 2.17 bits per heavy atom. The van der Waals surface area contributed by atoms with E-state index in [4.69, 9.17) is 0 Å². The van der Waals surface area contributed by atoms with Gasteiger partial charge in [-0.1, -0.05) is 13.8 Å². The van der Waals surface area contributed by atoms with Crippen LogP contribution in [0.15, 0.2) is 6.20 Å². The van der Waals surface area contributed by atoms with E-state index < -0.39 is 16.0 Å². The maximum Gasteiger partial charge on any atom is 0.235 e. The summed E-state index contributed by atoms with van der Waals surface area (Å²) in [6.45, 7) is 8.31. The lowest BCUT2D eigenvalue weighted by atomic mass is 10.2. The maximum atomic E-state index is 12.0. The summed E-state index contributed by atoms with van der Waals surface area (Å²) >= 11 is 1.53. The fourth-order valence-corrected chi connectivity index (χ4v) is 3.41. The van der Waals surface area contributed by atoms with E-state index in [9.17, 15) is 9.00 Å². The first-order chi connectivity index (χ1) is 8.40. The smallest absolute Gasteiger partial charge is 0.235 e. The van der Waals surface area contributed by atoms with Gasteiger partial charge in [0.1, 0.15) is 5.25 Å². The van der Waals surface area contributed by atoms with Crippen LogP contribution in [0.2, 0.25) is 0 Å². The molecule has 4 nitrogen and oxygen atoms in total. The predicted molar refractivity (Wildman–Crippen MR) is 76.0 cm³/mol. The van der Waals surface area contributed by atoms with E-state index in [2.05, 4.69) is 10.3 Å². The second-order valence-corrected chi connectivity index (χ2v) is 7.73. The molecule has 0 saturated heterocycles. The van der Waals surface area contributed by atoms with Crippen molar-refractivity contribution < 1.29 is 9.00 Å². The van der Waals surface area contributed by atoms with E-state index >= 15 is 0 Å². The number of aromatic nitrogens is 1. The Hall–Kier alpha value is -0.750. The topological polar surface area (TPSA) is 59.1 Å². The largest absolute Gasteiger partial charge is 0.355 e. The number of nitrogens with zero attached hydrogens (tertiary/aromatic N) is 1. The molecule has 1 aromatic heterocycles. The van der Waals surface area contributed by atoms with Crippen molar-refractivity contribution in [2.24, 2.45) is 5.92 Å². The molecule has 2 atom stereocenters. The van der Waals surface area contributed by atoms with E-state index in [1.54, 1.807) is 13.1 Å². The lowest BCUT2D eigenvalue weighted by molar-refractivity contribution is -0.120. The molecule has 0 fully saturated rings. The third-order valence-electron chi connectivity index (χ3n) is 2.40. The zero-order valence-electron chi connectivity index (χ0n) is 11.2. The number of amides is 1. The van der Waals surface area contributed by atoms with E-state index in [-0.39, 0.29) is 5.91 Å². The molecule has 0 aromatic carbocycles. The zero-order chi connectivity index (χ0) is 13.7. The van der Waals surface area contributed by atoms with Gasteiger partial charge in [0, 0.05) is 28.4 Å². The number of carbonyl (C=O) groups is 1. The number of hydrogen-bond acceptors (Lipinski definition) is 4. The molecule has 0 unspecified atom stereocenters. The summed E-state index contributed by atoms with van der Waals surface area (Å²) in [5.74, 6) is 0.670. The summed E-state index contributed by atoms with van der Waals surface area (Å²) in [6, 6.07) is 0. The number of nitrogens with one attached hydrogen (secondary N) is 1. The van der Waals surface area contributed by atoms with Crippen LogP contribution < -0.4 is 5.32 Å². The summed E-state index contributed by atoms with van der Waals surface area (Å²) in [5.41, 5.74) is 0. The van der Waals surface area contributed by atoms with Crippen molar-refractivity contribution in [2.75, 3.05) is 6.54 Å². The minimum Gasteiger partial charge on any atom is -0.355 e. The fraction of sp³-hybridized carbons (Fsp3) is 0.667. The highest BCUT2D eigenvalue weighted by atomic mass is 32.2. The van der Waals surface area contributed by atoms with Crippen LogP contribution in [0.3, 0.4) is 0 Å². The van der Waals surface area contributed by atoms with E-state index in [0.29, 0.717) is 18.2 Å². The molecule has 0 spiro atoms. The van der Waals surface area contributed by atoms with Gasteiger partial charge in [0.15, 0.2) is 0 Å². The summed E-state index contributed by atoms with van der Waals surface area (Å²) in [4.78, 5) is 16.9. The standard InChI is InChI=1S/C12H20N2O2S2/c1-8(2)5-14-12(15)9(3)18(16)7-11-6-13-10(4)17-11/h6,8-9H,5,7H2,1-4H3,(H,14,15)/t9-,18+/m1/s1. The highest BCUT2D eigenvalue weighted by molar-refractivity contribution is 7.85. The Morgan fingerprint density at radius 1 is 1.50 bits per heavy atom. The van der Waals surface area contributed by atoms with Crippen LogP contribution in [-0.4, -0.2) is 26.9 Å². The first kappa shape index (κ1) is 15.3. The van der Waals surface area contributed by atoms with Crippen molar-refractivity contribution in [3.8, 4) is 0 Å². The minimum absolute atomic E-state index is 0.136. The monoisotopic (exact) mass is 288 g/mol. The quantitative estimate of drug-likeness (QED) is 0.869. The molecule has 0 aliphatic carbocycles. The molecule has 0 bridgehead atoms. The van der Waals surface area contributed by atoms with Gasteiger partial charge in [0.25, 0.3) is 0 Å². The molecule has 0 aliphatic heterocycles. The van der Waals surface area contributed by atoms with E-state index in [1.165, 1.54) is 11.3 Å². The normalized spacial score (nSPS) is 14.5. The van der Waals surface area contributed by atoms with Gasteiger partial charge in [0.05, 0.1) is 10.8 Å². The molecule has 1 N–H and O–H groups in total. The van der Waals surface area contributed by atoms with Gasteiger partial charge in [-0.15, -0.1) is 11.3 Å². The Bertz CT molecular complexity index is 429. The van der Waals surface area contributed by atoms with Crippen LogP contribution in [0.25, 0.3) is 0 Å². The SMILES string of the molecule is Cc1ncc(C[S@](=O)[C@H](C)C(=O)NCC(C)C)s1. The average molecular weight is 288 g/mol. The molecule has 18 heavy (non-hydrogen) atoms. The second-order valence-electron chi connectivity index (χ2n) is 4.65. The molecule has 1 amide bonds. The molecule has 0 aliphatic rings. The number of hydrogen-bond donors (Lipinski definition) is 1. The summed E-state index contributed by atoms with van der Waals surface area (Å²) in [5, 5.41) is 3.29. The highest BCUT2D eigenvalue weighted by Gasteiger charge is 2.20. The fourth-order valence-electron chi connectivity index (χ4n) is 1.31. The first-order valence-electron chi connectivity index (χ1n) is 5.96. The Labute approximate surface area is 115 Å². The predicted octanol–water partition coefficient (Wildman–Crippen LogP) is 1.86. The third kappa shape index (κ3) is 4.86. The first-order valence-corrected chi connectivity index (χ1v) is 8.16. The lowest BCUT2D eigenvalue weighted by Gasteiger charge is -2.12. The highest BCUT2D eigenvalue weighted by Crippen LogP contribution is 2.15. The molecular weight excluding hydrogens is 268 g/mol. The van der Waals surface area contributed by atoms with E-state index in [0.717, 1.165) is 9.88 Å². The third-order valence-corrected chi connectivity index (χ3v) is 5.10. The second kappa shape index (κ2) is 6.99. The molecular formula is C12H20N2O2S2. The molecule has 0 radical (unpaired) electrons. The lowest BCUT2D eigenvalue weighted by Crippen LogP contribution is -2.37. The van der Waals surface area contributed by atoms with Crippen molar-refractivity contribution in [2.45, 2.75) is 38.7 Å². The molecule has 1 heterocycles. The van der Waals surface area contributed by atoms with Gasteiger partial charge in [-0.05, 0) is 19.8 Å². The number of aryl methyl sites for hydroxylation is 1. The van der Waals surface area contributed by atoms with Crippen LogP contribution >= 0.6 is 11.3 Å². The molecule has 6 heteroatoms. The van der Waals surface area contributed by atoms with Crippen molar-refractivity contribution in [1.82, 2.24) is 10.3 Å². The summed E-state index contributed by atoms with van der Waals surface area (Å²) in [7, 11) is -1.19. The number of thiazole rings is 1. The van der Waals surface area contributed by atoms with Gasteiger partial charge < -0.3 is 5.32 Å². The Kier molecular flexibility index (Phi) is 5.95. The van der Waals surface area contributed by atoms with Crippen LogP contribution in [-0.2, 0) is 21.3 Å². The van der Waals surface area contributed by atoms with Gasteiger partial charge in [-0.25, -0.2) is 4.98 Å².